The number of aliphatic imine (C=N–C) groups is 1. The predicted molar refractivity (Wildman–Crippen MR) is 129 cm³/mol. The van der Waals surface area contributed by atoms with Gasteiger partial charge in [0.05, 0.1) is 18.0 Å². The summed E-state index contributed by atoms with van der Waals surface area (Å²) < 4.78 is 31.8. The highest BCUT2D eigenvalue weighted by Gasteiger charge is 2.27. The molecular weight excluding hydrogens is 519 g/mol. The van der Waals surface area contributed by atoms with Gasteiger partial charge in [-0.25, -0.2) is 17.7 Å². The van der Waals surface area contributed by atoms with Gasteiger partial charge in [-0.2, -0.15) is 0 Å². The lowest BCUT2D eigenvalue weighted by molar-refractivity contribution is 0.0378. The summed E-state index contributed by atoms with van der Waals surface area (Å²) in [7, 11) is -0.567. The molecule has 1 aromatic heterocycles. The molecule has 1 heterocycles. The van der Waals surface area contributed by atoms with Crippen molar-refractivity contribution in [3.63, 3.8) is 0 Å². The monoisotopic (exact) mass is 550 g/mol. The van der Waals surface area contributed by atoms with Crippen LogP contribution in [0.3, 0.4) is 0 Å². The lowest BCUT2D eigenvalue weighted by atomic mass is 10.0. The molecule has 0 spiro atoms. The molecule has 30 heavy (non-hydrogen) atoms. The lowest BCUT2D eigenvalue weighted by Gasteiger charge is -2.23. The van der Waals surface area contributed by atoms with Gasteiger partial charge in [0.1, 0.15) is 17.1 Å². The van der Waals surface area contributed by atoms with E-state index in [4.69, 9.17) is 4.42 Å². The molecule has 1 aromatic carbocycles. The minimum absolute atomic E-state index is 0. The fourth-order valence-corrected chi connectivity index (χ4v) is 3.76. The standard InChI is InChI=1S/C20H30N4O4S.HI/c1-6-21-19(23-14-20(3,25)18-12-11-15(2)28-18)22-13-16-9-7-8-10-17(16)29(26,27)24(4)5;/h7-12,25H,6,13-14H2,1-5H3,(H2,21,22,23);1H. The molecule has 2 aromatic rings. The van der Waals surface area contributed by atoms with E-state index in [9.17, 15) is 13.5 Å². The van der Waals surface area contributed by atoms with Gasteiger partial charge >= 0.3 is 0 Å². The second kappa shape index (κ2) is 11.1. The average molecular weight is 550 g/mol. The van der Waals surface area contributed by atoms with E-state index in [-0.39, 0.29) is 42.0 Å². The molecule has 0 amide bonds. The van der Waals surface area contributed by atoms with Crippen LogP contribution in [0.15, 0.2) is 50.7 Å². The van der Waals surface area contributed by atoms with E-state index in [2.05, 4.69) is 15.6 Å². The Balaban J connectivity index is 0.00000450. The Labute approximate surface area is 195 Å². The van der Waals surface area contributed by atoms with Gasteiger partial charge in [0.15, 0.2) is 5.96 Å². The zero-order valence-corrected chi connectivity index (χ0v) is 21.1. The highest BCUT2D eigenvalue weighted by molar-refractivity contribution is 14.0. The molecular formula is C20H31IN4O4S. The summed E-state index contributed by atoms with van der Waals surface area (Å²) >= 11 is 0. The zero-order valence-electron chi connectivity index (χ0n) is 18.0. The highest BCUT2D eigenvalue weighted by atomic mass is 127. The van der Waals surface area contributed by atoms with Gasteiger partial charge in [0, 0.05) is 20.6 Å². The van der Waals surface area contributed by atoms with E-state index in [0.717, 1.165) is 5.76 Å². The number of aliphatic hydroxyl groups is 1. The van der Waals surface area contributed by atoms with Crippen molar-refractivity contribution in [1.82, 2.24) is 14.9 Å². The largest absolute Gasteiger partial charge is 0.463 e. The first-order chi connectivity index (χ1) is 13.6. The Bertz CT molecular complexity index is 955. The Morgan fingerprint density at radius 2 is 1.87 bits per heavy atom. The molecule has 0 saturated carbocycles. The van der Waals surface area contributed by atoms with Crippen molar-refractivity contribution >= 4 is 40.0 Å². The van der Waals surface area contributed by atoms with Crippen molar-refractivity contribution in [1.29, 1.82) is 0 Å². The van der Waals surface area contributed by atoms with Crippen LogP contribution in [0.25, 0.3) is 0 Å². The smallest absolute Gasteiger partial charge is 0.242 e. The number of sulfonamides is 1. The van der Waals surface area contributed by atoms with Gasteiger partial charge in [0.2, 0.25) is 10.0 Å². The van der Waals surface area contributed by atoms with E-state index in [1.165, 1.54) is 18.4 Å². The first kappa shape index (κ1) is 26.4. The number of guanidine groups is 1. The van der Waals surface area contributed by atoms with E-state index >= 15 is 0 Å². The van der Waals surface area contributed by atoms with Crippen LogP contribution < -0.4 is 10.6 Å². The third kappa shape index (κ3) is 6.69. The summed E-state index contributed by atoms with van der Waals surface area (Å²) in [5, 5.41) is 16.9. The Hall–Kier alpha value is -1.63. The second-order valence-electron chi connectivity index (χ2n) is 7.13. The second-order valence-corrected chi connectivity index (χ2v) is 9.25. The molecule has 168 valence electrons. The number of hydrogen-bond donors (Lipinski definition) is 3. The molecule has 8 nitrogen and oxygen atoms in total. The summed E-state index contributed by atoms with van der Waals surface area (Å²) in [6.07, 6.45) is 0. The van der Waals surface area contributed by atoms with E-state index < -0.39 is 15.6 Å². The molecule has 0 bridgehead atoms. The number of rotatable bonds is 8. The number of nitrogens with zero attached hydrogens (tertiary/aromatic N) is 2. The normalized spacial score (nSPS) is 14.2. The molecule has 3 N–H and O–H groups in total. The van der Waals surface area contributed by atoms with Gasteiger partial charge < -0.3 is 20.2 Å². The quantitative estimate of drug-likeness (QED) is 0.265. The van der Waals surface area contributed by atoms with Gasteiger partial charge in [-0.15, -0.1) is 24.0 Å². The van der Waals surface area contributed by atoms with Crippen LogP contribution in [-0.2, 0) is 22.2 Å². The first-order valence-corrected chi connectivity index (χ1v) is 10.8. The first-order valence-electron chi connectivity index (χ1n) is 9.40. The topological polar surface area (TPSA) is 107 Å². The summed E-state index contributed by atoms with van der Waals surface area (Å²) in [6, 6.07) is 10.3. The van der Waals surface area contributed by atoms with Crippen LogP contribution in [-0.4, -0.2) is 51.0 Å². The van der Waals surface area contributed by atoms with Gasteiger partial charge in [-0.3, -0.25) is 0 Å². The SMILES string of the molecule is CCNC(=NCc1ccccc1S(=O)(=O)N(C)C)NCC(C)(O)c1ccc(C)o1.I. The summed E-state index contributed by atoms with van der Waals surface area (Å²) in [5.41, 5.74) is -0.636. The van der Waals surface area contributed by atoms with Crippen molar-refractivity contribution in [2.24, 2.45) is 4.99 Å². The van der Waals surface area contributed by atoms with Crippen molar-refractivity contribution in [2.45, 2.75) is 37.8 Å². The molecule has 1 unspecified atom stereocenters. The average Bonchev–Trinajstić information content (AvgIpc) is 3.11. The minimum atomic E-state index is -3.57. The van der Waals surface area contributed by atoms with E-state index in [1.807, 2.05) is 13.8 Å². The molecule has 0 aliphatic heterocycles. The number of aryl methyl sites for hydroxylation is 1. The minimum Gasteiger partial charge on any atom is -0.463 e. The predicted octanol–water partition coefficient (Wildman–Crippen LogP) is 2.42. The van der Waals surface area contributed by atoms with Crippen LogP contribution >= 0.6 is 24.0 Å². The molecule has 0 fully saturated rings. The van der Waals surface area contributed by atoms with Crippen LogP contribution in [0.5, 0.6) is 0 Å². The van der Waals surface area contributed by atoms with Crippen LogP contribution in [0.2, 0.25) is 0 Å². The molecule has 0 radical (unpaired) electrons. The maximum atomic E-state index is 12.5. The van der Waals surface area contributed by atoms with Crippen LogP contribution in [0.4, 0.5) is 0 Å². The highest BCUT2D eigenvalue weighted by Crippen LogP contribution is 2.22. The number of hydrogen-bond acceptors (Lipinski definition) is 5. The molecule has 1 atom stereocenters. The van der Waals surface area contributed by atoms with E-state index in [1.54, 1.807) is 43.3 Å². The maximum absolute atomic E-state index is 12.5. The fourth-order valence-electron chi connectivity index (χ4n) is 2.66. The fraction of sp³-hybridized carbons (Fsp3) is 0.450. The molecule has 0 saturated heterocycles. The maximum Gasteiger partial charge on any atom is 0.242 e. The van der Waals surface area contributed by atoms with Gasteiger partial charge in [-0.05, 0) is 44.5 Å². The van der Waals surface area contributed by atoms with Crippen molar-refractivity contribution in [3.8, 4) is 0 Å². The van der Waals surface area contributed by atoms with Crippen LogP contribution in [0.1, 0.15) is 30.9 Å². The number of benzene rings is 1. The van der Waals surface area contributed by atoms with Gasteiger partial charge in [0.25, 0.3) is 0 Å². The molecule has 0 aliphatic rings. The van der Waals surface area contributed by atoms with Crippen molar-refractivity contribution in [3.05, 3.63) is 53.5 Å². The zero-order chi connectivity index (χ0) is 21.7. The van der Waals surface area contributed by atoms with Gasteiger partial charge in [-0.1, -0.05) is 18.2 Å². The molecule has 2 rings (SSSR count). The number of furan rings is 1. The summed E-state index contributed by atoms with van der Waals surface area (Å²) in [5.74, 6) is 1.65. The summed E-state index contributed by atoms with van der Waals surface area (Å²) in [4.78, 5) is 4.71. The van der Waals surface area contributed by atoms with Crippen molar-refractivity contribution < 1.29 is 17.9 Å². The Kier molecular flexibility index (Phi) is 9.79. The Morgan fingerprint density at radius 3 is 2.43 bits per heavy atom. The van der Waals surface area contributed by atoms with E-state index in [0.29, 0.717) is 23.8 Å². The Morgan fingerprint density at radius 1 is 1.20 bits per heavy atom. The van der Waals surface area contributed by atoms with Crippen molar-refractivity contribution in [2.75, 3.05) is 27.2 Å². The lowest BCUT2D eigenvalue weighted by Crippen LogP contribution is -2.44. The van der Waals surface area contributed by atoms with Crippen LogP contribution in [0, 0.1) is 6.92 Å². The third-order valence-electron chi connectivity index (χ3n) is 4.35. The summed E-state index contributed by atoms with van der Waals surface area (Å²) in [6.45, 7) is 6.35. The number of nitrogens with one attached hydrogen (secondary N) is 2. The molecule has 10 heteroatoms. The number of halogens is 1. The molecule has 0 aliphatic carbocycles. The third-order valence-corrected chi connectivity index (χ3v) is 6.27.